The Morgan fingerprint density at radius 3 is 1.93 bits per heavy atom. The lowest BCUT2D eigenvalue weighted by atomic mass is 10.3. The molecule has 0 radical (unpaired) electrons. The highest BCUT2D eigenvalue weighted by molar-refractivity contribution is 6.22. The van der Waals surface area contributed by atoms with Gasteiger partial charge in [-0.1, -0.05) is 0 Å². The van der Waals surface area contributed by atoms with Crippen LogP contribution in [0.3, 0.4) is 0 Å². The van der Waals surface area contributed by atoms with Crippen LogP contribution in [-0.2, 0) is 19.2 Å². The van der Waals surface area contributed by atoms with E-state index in [1.54, 1.807) is 5.32 Å². The van der Waals surface area contributed by atoms with E-state index in [9.17, 15) is 24.3 Å². The van der Waals surface area contributed by atoms with Gasteiger partial charge in [0.2, 0.25) is 17.6 Å². The number of rotatable bonds is 1. The third-order valence-electron chi connectivity index (χ3n) is 2.16. The molecular weight excluding hydrogens is 204 g/mol. The molecule has 15 heavy (non-hydrogen) atoms. The van der Waals surface area contributed by atoms with Gasteiger partial charge in [0.15, 0.2) is 5.70 Å². The first kappa shape index (κ1) is 9.38. The van der Waals surface area contributed by atoms with Crippen molar-refractivity contribution in [3.63, 3.8) is 0 Å². The minimum atomic E-state index is -0.998. The highest BCUT2D eigenvalue weighted by Gasteiger charge is 2.42. The molecule has 7 nitrogen and oxygen atoms in total. The third-order valence-corrected chi connectivity index (χ3v) is 2.16. The van der Waals surface area contributed by atoms with Crippen molar-refractivity contribution < 1.29 is 24.3 Å². The van der Waals surface area contributed by atoms with Gasteiger partial charge in [-0.2, -0.15) is 0 Å². The van der Waals surface area contributed by atoms with Crippen molar-refractivity contribution >= 4 is 23.6 Å². The van der Waals surface area contributed by atoms with Crippen molar-refractivity contribution in [2.45, 2.75) is 12.8 Å². The maximum Gasteiger partial charge on any atom is 0.295 e. The molecule has 2 rings (SSSR count). The number of aliphatic hydroxyl groups excluding tert-OH is 1. The quantitative estimate of drug-likeness (QED) is 0.516. The zero-order valence-corrected chi connectivity index (χ0v) is 7.44. The fourth-order valence-corrected chi connectivity index (χ4v) is 1.47. The summed E-state index contributed by atoms with van der Waals surface area (Å²) in [4.78, 5) is 45.1. The van der Waals surface area contributed by atoms with Gasteiger partial charge in [0.05, 0.1) is 0 Å². The van der Waals surface area contributed by atoms with Gasteiger partial charge in [-0.3, -0.25) is 24.5 Å². The number of hydrogen-bond donors (Lipinski definition) is 2. The second kappa shape index (κ2) is 2.91. The average Bonchev–Trinajstić information content (AvgIpc) is 2.59. The molecule has 7 heteroatoms. The normalized spacial score (nSPS) is 21.7. The lowest BCUT2D eigenvalue weighted by Crippen LogP contribution is -2.34. The first-order valence-corrected chi connectivity index (χ1v) is 4.17. The Morgan fingerprint density at radius 1 is 1.00 bits per heavy atom. The number of nitrogens with zero attached hydrogens (tertiary/aromatic N) is 1. The Morgan fingerprint density at radius 2 is 1.53 bits per heavy atom. The van der Waals surface area contributed by atoms with E-state index in [1.165, 1.54) is 0 Å². The van der Waals surface area contributed by atoms with Crippen LogP contribution in [0.25, 0.3) is 0 Å². The summed E-state index contributed by atoms with van der Waals surface area (Å²) in [5.74, 6) is -4.00. The van der Waals surface area contributed by atoms with Gasteiger partial charge in [0.1, 0.15) is 0 Å². The fourth-order valence-electron chi connectivity index (χ4n) is 1.47. The van der Waals surface area contributed by atoms with E-state index in [-0.39, 0.29) is 12.8 Å². The highest BCUT2D eigenvalue weighted by atomic mass is 16.3. The number of aliphatic hydroxyl groups is 1. The lowest BCUT2D eigenvalue weighted by molar-refractivity contribution is -0.139. The molecule has 0 atom stereocenters. The monoisotopic (exact) mass is 210 g/mol. The third kappa shape index (κ3) is 1.20. The highest BCUT2D eigenvalue weighted by Crippen LogP contribution is 2.22. The fraction of sp³-hybridized carbons (Fsp3) is 0.250. The van der Waals surface area contributed by atoms with Crippen LogP contribution in [0.5, 0.6) is 0 Å². The number of carbonyl (C=O) groups excluding carboxylic acids is 4. The van der Waals surface area contributed by atoms with E-state index in [4.69, 9.17) is 0 Å². The molecule has 0 spiro atoms. The Labute approximate surface area is 83.3 Å². The molecule has 2 heterocycles. The largest absolute Gasteiger partial charge is 0.501 e. The number of likely N-dealkylation sites (tertiary alicyclic amines) is 1. The maximum atomic E-state index is 11.2. The number of imide groups is 2. The standard InChI is InChI=1S/C8H6N2O5/c11-3-1-2-4(12)10(3)5-6(13)8(15)9-7(5)14/h1-2H2,(H2,9,13,14,15). The molecule has 0 bridgehead atoms. The van der Waals surface area contributed by atoms with Crippen LogP contribution in [0.1, 0.15) is 12.8 Å². The van der Waals surface area contributed by atoms with E-state index < -0.39 is 35.1 Å². The second-order valence-electron chi connectivity index (χ2n) is 3.10. The molecule has 0 aromatic carbocycles. The van der Waals surface area contributed by atoms with Gasteiger partial charge in [-0.15, -0.1) is 0 Å². The Balaban J connectivity index is 2.46. The topological polar surface area (TPSA) is 104 Å². The molecule has 0 aliphatic carbocycles. The summed E-state index contributed by atoms with van der Waals surface area (Å²) < 4.78 is 0. The predicted octanol–water partition coefficient (Wildman–Crippen LogP) is -1.44. The molecular formula is C8H6N2O5. The van der Waals surface area contributed by atoms with Gasteiger partial charge >= 0.3 is 0 Å². The van der Waals surface area contributed by atoms with Gasteiger partial charge in [-0.25, -0.2) is 4.90 Å². The molecule has 2 aliphatic heterocycles. The SMILES string of the molecule is O=C1NC(=O)C(N2C(=O)CCC2=O)=C1O. The molecule has 78 valence electrons. The van der Waals surface area contributed by atoms with Crippen LogP contribution >= 0.6 is 0 Å². The van der Waals surface area contributed by atoms with Gasteiger partial charge < -0.3 is 5.11 Å². The van der Waals surface area contributed by atoms with Crippen molar-refractivity contribution in [3.05, 3.63) is 11.5 Å². The molecule has 0 unspecified atom stereocenters. The van der Waals surface area contributed by atoms with Crippen LogP contribution in [0, 0.1) is 0 Å². The summed E-state index contributed by atoms with van der Waals surface area (Å²) in [5, 5.41) is 11.0. The van der Waals surface area contributed by atoms with Crippen molar-refractivity contribution in [1.29, 1.82) is 0 Å². The molecule has 2 aliphatic rings. The van der Waals surface area contributed by atoms with Crippen LogP contribution in [0.4, 0.5) is 0 Å². The van der Waals surface area contributed by atoms with Crippen LogP contribution in [-0.4, -0.2) is 33.6 Å². The molecule has 1 fully saturated rings. The van der Waals surface area contributed by atoms with Gasteiger partial charge in [0.25, 0.3) is 11.8 Å². The number of carbonyl (C=O) groups is 4. The van der Waals surface area contributed by atoms with E-state index in [0.717, 1.165) is 0 Å². The smallest absolute Gasteiger partial charge is 0.295 e. The maximum absolute atomic E-state index is 11.2. The Kier molecular flexibility index (Phi) is 1.82. The van der Waals surface area contributed by atoms with Crippen LogP contribution in [0.15, 0.2) is 11.5 Å². The average molecular weight is 210 g/mol. The molecule has 0 aromatic heterocycles. The van der Waals surface area contributed by atoms with Crippen molar-refractivity contribution in [1.82, 2.24) is 10.2 Å². The minimum absolute atomic E-state index is 0.0168. The summed E-state index contributed by atoms with van der Waals surface area (Å²) in [6, 6.07) is 0. The Hall–Kier alpha value is -2.18. The summed E-state index contributed by atoms with van der Waals surface area (Å²) in [6.45, 7) is 0. The number of hydrogen-bond acceptors (Lipinski definition) is 5. The molecule has 2 N–H and O–H groups in total. The van der Waals surface area contributed by atoms with E-state index in [0.29, 0.717) is 4.90 Å². The first-order chi connectivity index (χ1) is 7.02. The van der Waals surface area contributed by atoms with Crippen LogP contribution < -0.4 is 5.32 Å². The van der Waals surface area contributed by atoms with Crippen molar-refractivity contribution in [3.8, 4) is 0 Å². The molecule has 0 aromatic rings. The van der Waals surface area contributed by atoms with Crippen molar-refractivity contribution in [2.75, 3.05) is 0 Å². The molecule has 1 saturated heterocycles. The number of amides is 4. The van der Waals surface area contributed by atoms with Crippen LogP contribution in [0.2, 0.25) is 0 Å². The van der Waals surface area contributed by atoms with E-state index in [2.05, 4.69) is 0 Å². The lowest BCUT2D eigenvalue weighted by Gasteiger charge is -2.12. The van der Waals surface area contributed by atoms with Crippen molar-refractivity contribution in [2.24, 2.45) is 0 Å². The van der Waals surface area contributed by atoms with Gasteiger partial charge in [-0.05, 0) is 0 Å². The molecule has 4 amide bonds. The summed E-state index contributed by atoms with van der Waals surface area (Å²) in [5.41, 5.74) is -0.562. The summed E-state index contributed by atoms with van der Waals surface area (Å²) in [6.07, 6.45) is -0.0336. The van der Waals surface area contributed by atoms with E-state index >= 15 is 0 Å². The van der Waals surface area contributed by atoms with E-state index in [1.807, 2.05) is 0 Å². The number of nitrogens with one attached hydrogen (secondary N) is 1. The minimum Gasteiger partial charge on any atom is -0.501 e. The Bertz CT molecular complexity index is 420. The van der Waals surface area contributed by atoms with Gasteiger partial charge in [0, 0.05) is 12.8 Å². The zero-order chi connectivity index (χ0) is 11.2. The summed E-state index contributed by atoms with van der Waals surface area (Å²) in [7, 11) is 0. The molecule has 0 saturated carbocycles. The predicted molar refractivity (Wildman–Crippen MR) is 43.9 cm³/mol. The summed E-state index contributed by atoms with van der Waals surface area (Å²) >= 11 is 0. The zero-order valence-electron chi connectivity index (χ0n) is 7.44. The first-order valence-electron chi connectivity index (χ1n) is 4.17. The second-order valence-corrected chi connectivity index (χ2v) is 3.10.